The highest BCUT2D eigenvalue weighted by atomic mass is 19.4. The number of halogens is 3. The Morgan fingerprint density at radius 1 is 0.804 bits per heavy atom. The molecule has 268 valence electrons. The van der Waals surface area contributed by atoms with Crippen LogP contribution in [0.2, 0.25) is 0 Å². The van der Waals surface area contributed by atoms with E-state index in [1.165, 1.54) is 33.3 Å². The van der Waals surface area contributed by atoms with Gasteiger partial charge in [0.2, 0.25) is 6.10 Å². The summed E-state index contributed by atoms with van der Waals surface area (Å²) in [6.45, 7) is 7.73. The van der Waals surface area contributed by atoms with E-state index in [-0.39, 0.29) is 53.9 Å². The number of methoxy groups -OCH3 is 2. The minimum atomic E-state index is -4.99. The number of hydrogen-bond donors (Lipinski definition) is 2. The lowest BCUT2D eigenvalue weighted by molar-refractivity contribution is -0.209. The second-order valence-electron chi connectivity index (χ2n) is 12.3. The molecule has 0 fully saturated rings. The number of rotatable bonds is 8. The molecule has 8 bridgehead atoms. The summed E-state index contributed by atoms with van der Waals surface area (Å²) in [5.74, 6) is -2.01. The maximum atomic E-state index is 14.6. The van der Waals surface area contributed by atoms with E-state index in [0.29, 0.717) is 50.1 Å². The second kappa shape index (κ2) is 14.4. The number of hydrogen-bond acceptors (Lipinski definition) is 10. The molecule has 0 amide bonds. The van der Waals surface area contributed by atoms with Gasteiger partial charge in [0.05, 0.1) is 60.1 Å². The molecular formula is C37H37F3N4O7. The van der Waals surface area contributed by atoms with Crippen molar-refractivity contribution in [3.63, 3.8) is 0 Å². The lowest BCUT2D eigenvalue weighted by atomic mass is 9.95. The summed E-state index contributed by atoms with van der Waals surface area (Å²) < 4.78 is 58.4. The lowest BCUT2D eigenvalue weighted by Gasteiger charge is -2.22. The molecule has 2 N–H and O–H groups in total. The zero-order valence-electron chi connectivity index (χ0n) is 29.2. The number of H-pyrrole nitrogens is 1. The Labute approximate surface area is 291 Å². The molecule has 0 aliphatic carbocycles. The van der Waals surface area contributed by atoms with Gasteiger partial charge in [0.25, 0.3) is 0 Å². The van der Waals surface area contributed by atoms with Gasteiger partial charge in [0.15, 0.2) is 0 Å². The van der Waals surface area contributed by atoms with Crippen LogP contribution in [0.25, 0.3) is 18.4 Å². The average molecular weight is 707 g/mol. The number of alkyl halides is 3. The summed E-state index contributed by atoms with van der Waals surface area (Å²) in [4.78, 5) is 53.9. The van der Waals surface area contributed by atoms with Gasteiger partial charge in [-0.1, -0.05) is 0 Å². The number of aliphatic hydroxyl groups excluding tert-OH is 1. The monoisotopic (exact) mass is 706 g/mol. The van der Waals surface area contributed by atoms with Gasteiger partial charge < -0.3 is 24.3 Å². The van der Waals surface area contributed by atoms with Crippen molar-refractivity contribution in [1.29, 1.82) is 0 Å². The van der Waals surface area contributed by atoms with Crippen LogP contribution in [0.5, 0.6) is 0 Å². The van der Waals surface area contributed by atoms with E-state index in [1.54, 1.807) is 26.0 Å². The average Bonchev–Trinajstić information content (AvgIpc) is 3.73. The minimum absolute atomic E-state index is 0.00409. The van der Waals surface area contributed by atoms with Crippen LogP contribution in [0.1, 0.15) is 64.6 Å². The lowest BCUT2D eigenvalue weighted by Crippen LogP contribution is -2.36. The molecule has 0 aromatic carbocycles. The zero-order chi connectivity index (χ0) is 37.4. The van der Waals surface area contributed by atoms with Crippen LogP contribution in [0.15, 0.2) is 77.7 Å². The third-order valence-corrected chi connectivity index (χ3v) is 9.14. The van der Waals surface area contributed by atoms with Gasteiger partial charge in [0, 0.05) is 36.3 Å². The van der Waals surface area contributed by atoms with Gasteiger partial charge in [-0.2, -0.15) is 13.2 Å². The number of fused-ring (bicyclic) bond motifs is 5. The van der Waals surface area contributed by atoms with Crippen LogP contribution < -0.4 is 10.6 Å². The number of esters is 3. The van der Waals surface area contributed by atoms with Gasteiger partial charge >= 0.3 is 24.1 Å². The molecule has 1 unspecified atom stereocenters. The number of nitrogens with zero attached hydrogens (tertiary/aromatic N) is 3. The molecule has 0 radical (unpaired) electrons. The Morgan fingerprint density at radius 2 is 1.37 bits per heavy atom. The molecule has 1 aromatic heterocycles. The normalized spacial score (nSPS) is 18.1. The summed E-state index contributed by atoms with van der Waals surface area (Å²) in [7, 11) is 2.58. The maximum absolute atomic E-state index is 14.6. The summed E-state index contributed by atoms with van der Waals surface area (Å²) in [5, 5.41) is 11.0. The smallest absolute Gasteiger partial charge is 0.429 e. The van der Waals surface area contributed by atoms with Crippen LogP contribution in [0.3, 0.4) is 0 Å². The molecule has 5 heterocycles. The number of carbonyl (C=O) groups excluding carboxylic acids is 3. The van der Waals surface area contributed by atoms with E-state index in [4.69, 9.17) is 24.2 Å². The fourth-order valence-electron chi connectivity index (χ4n) is 6.32. The van der Waals surface area contributed by atoms with Crippen LogP contribution in [0.4, 0.5) is 13.2 Å². The maximum Gasteiger partial charge on any atom is 0.429 e. The fraction of sp³-hybridized carbons (Fsp3) is 0.351. The first-order chi connectivity index (χ1) is 24.1. The van der Waals surface area contributed by atoms with Crippen LogP contribution in [-0.2, 0) is 28.6 Å². The molecule has 4 aliphatic heterocycles. The predicted molar refractivity (Wildman–Crippen MR) is 185 cm³/mol. The van der Waals surface area contributed by atoms with Crippen molar-refractivity contribution in [1.82, 2.24) is 4.98 Å². The van der Waals surface area contributed by atoms with Gasteiger partial charge in [-0.05, 0) is 98.3 Å². The fourth-order valence-corrected chi connectivity index (χ4v) is 6.32. The van der Waals surface area contributed by atoms with Crippen molar-refractivity contribution >= 4 is 53.5 Å². The van der Waals surface area contributed by atoms with Crippen molar-refractivity contribution in [3.05, 3.63) is 84.5 Å². The molecule has 0 spiro atoms. The highest BCUT2D eigenvalue weighted by molar-refractivity contribution is 6.24. The third-order valence-electron chi connectivity index (χ3n) is 9.14. The van der Waals surface area contributed by atoms with Gasteiger partial charge in [-0.15, -0.1) is 0 Å². The Bertz CT molecular complexity index is 2150. The van der Waals surface area contributed by atoms with Gasteiger partial charge in [-0.25, -0.2) is 15.0 Å². The Hall–Kier alpha value is -5.53. The summed E-state index contributed by atoms with van der Waals surface area (Å²) in [5.41, 5.74) is 5.45. The van der Waals surface area contributed by atoms with Gasteiger partial charge in [-0.3, -0.25) is 14.4 Å². The number of aliphatic hydroxyl groups is 1. The van der Waals surface area contributed by atoms with Crippen LogP contribution in [-0.4, -0.2) is 71.6 Å². The van der Waals surface area contributed by atoms with Crippen molar-refractivity contribution in [2.24, 2.45) is 15.0 Å². The molecule has 5 rings (SSSR count). The number of aromatic amines is 1. The SMILES string of the molecule is COC(=O)CCC1=C(C)C2=NC1=CC1=NC(=Cc3[nH]c(/c(=C/O)c3C)=CC3=NC(=C2)C(C(OC(C)=O)C(F)(F)F)=C3C)C(C)=C1CCC(=O)OC. The molecule has 4 aliphatic rings. The molecule has 1 atom stereocenters. The summed E-state index contributed by atoms with van der Waals surface area (Å²) in [6, 6.07) is 0. The number of allylic oxidation sites excluding steroid dienone is 7. The highest BCUT2D eigenvalue weighted by Crippen LogP contribution is 2.40. The van der Waals surface area contributed by atoms with E-state index in [9.17, 15) is 32.7 Å². The largest absolute Gasteiger partial charge is 0.515 e. The van der Waals surface area contributed by atoms with E-state index in [1.807, 2.05) is 6.92 Å². The third kappa shape index (κ3) is 7.35. The van der Waals surface area contributed by atoms with Crippen molar-refractivity contribution < 1.29 is 46.9 Å². The minimum Gasteiger partial charge on any atom is -0.515 e. The van der Waals surface area contributed by atoms with E-state index < -0.39 is 30.2 Å². The number of aliphatic imine (C=N–C) groups is 3. The first-order valence-electron chi connectivity index (χ1n) is 16.0. The Kier molecular flexibility index (Phi) is 10.4. The predicted octanol–water partition coefficient (Wildman–Crippen LogP) is 5.24. The molecule has 14 heteroatoms. The molecular weight excluding hydrogens is 669 g/mol. The Balaban J connectivity index is 1.84. The molecule has 0 saturated carbocycles. The molecule has 1 aromatic rings. The Morgan fingerprint density at radius 3 is 1.96 bits per heavy atom. The van der Waals surface area contributed by atoms with E-state index in [0.717, 1.165) is 24.3 Å². The van der Waals surface area contributed by atoms with Gasteiger partial charge in [0.1, 0.15) is 0 Å². The topological polar surface area (TPSA) is 152 Å². The van der Waals surface area contributed by atoms with Crippen molar-refractivity contribution in [3.8, 4) is 0 Å². The van der Waals surface area contributed by atoms with Crippen molar-refractivity contribution in [2.75, 3.05) is 14.2 Å². The van der Waals surface area contributed by atoms with E-state index in [2.05, 4.69) is 9.98 Å². The first kappa shape index (κ1) is 36.7. The molecule has 0 saturated heterocycles. The molecule has 51 heavy (non-hydrogen) atoms. The number of ether oxygens (including phenoxy) is 3. The summed E-state index contributed by atoms with van der Waals surface area (Å²) >= 11 is 0. The number of carbonyl (C=O) groups is 3. The zero-order valence-corrected chi connectivity index (χ0v) is 29.2. The second-order valence-corrected chi connectivity index (χ2v) is 12.3. The van der Waals surface area contributed by atoms with Crippen molar-refractivity contribution in [2.45, 2.75) is 72.6 Å². The van der Waals surface area contributed by atoms with Crippen LogP contribution in [0, 0.1) is 6.92 Å². The van der Waals surface area contributed by atoms with Crippen LogP contribution >= 0.6 is 0 Å². The highest BCUT2D eigenvalue weighted by Gasteiger charge is 2.48. The first-order valence-corrected chi connectivity index (χ1v) is 16.0. The standard InChI is InChI=1S/C37H37F3N4O7/c1-17-22(8-10-33(47)49-6)29-15-30-23(9-11-34(48)50-7)18(2)27(42-30)14-32-35(36(37(38,39)40)51-21(5)46)20(4)28(44-32)13-31-24(16-45)19(3)26(43-31)12-25(17)41-29/h12-16,36,43,45H,8-11H2,1-7H3/b24-16+,25-12?,30-15?,31-13?,32-14?. The number of aromatic nitrogens is 1. The number of nitrogens with one attached hydrogen (secondary N) is 1. The van der Waals surface area contributed by atoms with E-state index >= 15 is 0 Å². The summed E-state index contributed by atoms with van der Waals surface area (Å²) in [6.07, 6.45) is 0.254. The molecule has 11 nitrogen and oxygen atoms in total. The quantitative estimate of drug-likeness (QED) is 0.277.